The van der Waals surface area contributed by atoms with E-state index < -0.39 is 5.54 Å². The lowest BCUT2D eigenvalue weighted by Gasteiger charge is -2.37. The molecule has 4 nitrogen and oxygen atoms in total. The van der Waals surface area contributed by atoms with Gasteiger partial charge in [0.15, 0.2) is 0 Å². The maximum Gasteiger partial charge on any atom is 0.299 e. The number of carbonyl (C=O) groups is 1. The van der Waals surface area contributed by atoms with Crippen LogP contribution in [0.5, 0.6) is 5.88 Å². The van der Waals surface area contributed by atoms with Crippen LogP contribution in [0.4, 0.5) is 0 Å². The molecule has 0 aliphatic carbocycles. The van der Waals surface area contributed by atoms with Gasteiger partial charge < -0.3 is 9.30 Å². The number of aromatic nitrogens is 2. The monoisotopic (exact) mass is 354 g/mol. The van der Waals surface area contributed by atoms with E-state index in [-0.39, 0.29) is 5.88 Å². The van der Waals surface area contributed by atoms with Crippen molar-refractivity contribution in [2.45, 2.75) is 5.54 Å². The number of rotatable bonds is 6. The summed E-state index contributed by atoms with van der Waals surface area (Å²) in [6, 6.07) is 30.7. The molecule has 0 aliphatic heterocycles. The van der Waals surface area contributed by atoms with Gasteiger partial charge in [0.05, 0.1) is 6.20 Å². The van der Waals surface area contributed by atoms with Crippen molar-refractivity contribution in [2.24, 2.45) is 0 Å². The zero-order valence-electron chi connectivity index (χ0n) is 14.6. The molecular formula is C23H18N2O2. The average molecular weight is 354 g/mol. The van der Waals surface area contributed by atoms with Gasteiger partial charge in [-0.2, -0.15) is 0 Å². The van der Waals surface area contributed by atoms with Gasteiger partial charge in [-0.15, -0.1) is 0 Å². The zero-order chi connectivity index (χ0) is 18.5. The largest absolute Gasteiger partial charge is 0.408 e. The summed E-state index contributed by atoms with van der Waals surface area (Å²) in [5.74, 6) is 0.261. The lowest BCUT2D eigenvalue weighted by Crippen LogP contribution is -2.36. The summed E-state index contributed by atoms with van der Waals surface area (Å²) in [7, 11) is 0. The number of imidazole rings is 1. The van der Waals surface area contributed by atoms with Gasteiger partial charge in [-0.05, 0) is 16.7 Å². The van der Waals surface area contributed by atoms with Crippen molar-refractivity contribution in [3.63, 3.8) is 0 Å². The Labute approximate surface area is 157 Å². The van der Waals surface area contributed by atoms with Crippen LogP contribution in [0.1, 0.15) is 16.7 Å². The van der Waals surface area contributed by atoms with Crippen molar-refractivity contribution in [1.82, 2.24) is 9.55 Å². The lowest BCUT2D eigenvalue weighted by molar-refractivity contribution is -0.120. The molecule has 0 N–H and O–H groups in total. The van der Waals surface area contributed by atoms with Crippen LogP contribution in [-0.4, -0.2) is 16.0 Å². The molecule has 0 unspecified atom stereocenters. The van der Waals surface area contributed by atoms with E-state index in [2.05, 4.69) is 41.4 Å². The van der Waals surface area contributed by atoms with E-state index in [0.717, 1.165) is 16.7 Å². The second-order valence-electron chi connectivity index (χ2n) is 6.14. The molecule has 0 spiro atoms. The molecule has 0 atom stereocenters. The fourth-order valence-corrected chi connectivity index (χ4v) is 3.58. The van der Waals surface area contributed by atoms with Crippen molar-refractivity contribution in [2.75, 3.05) is 0 Å². The van der Waals surface area contributed by atoms with Crippen LogP contribution in [-0.2, 0) is 10.3 Å². The highest BCUT2D eigenvalue weighted by Crippen LogP contribution is 2.41. The molecular weight excluding hydrogens is 336 g/mol. The Morgan fingerprint density at radius 1 is 0.741 bits per heavy atom. The van der Waals surface area contributed by atoms with Gasteiger partial charge in [0.25, 0.3) is 6.47 Å². The first-order chi connectivity index (χ1) is 13.4. The average Bonchev–Trinajstić information content (AvgIpc) is 3.20. The van der Waals surface area contributed by atoms with Gasteiger partial charge in [-0.25, -0.2) is 4.98 Å². The van der Waals surface area contributed by atoms with Crippen LogP contribution in [0.3, 0.4) is 0 Å². The van der Waals surface area contributed by atoms with Gasteiger partial charge in [0.2, 0.25) is 5.88 Å². The summed E-state index contributed by atoms with van der Waals surface area (Å²) >= 11 is 0. The minimum absolute atomic E-state index is 0.261. The summed E-state index contributed by atoms with van der Waals surface area (Å²) in [4.78, 5) is 15.0. The highest BCUT2D eigenvalue weighted by Gasteiger charge is 2.38. The third-order valence-electron chi connectivity index (χ3n) is 4.69. The summed E-state index contributed by atoms with van der Waals surface area (Å²) in [6.45, 7) is 0.391. The van der Waals surface area contributed by atoms with Gasteiger partial charge in [-0.1, -0.05) is 91.0 Å². The van der Waals surface area contributed by atoms with E-state index in [0.29, 0.717) is 6.47 Å². The van der Waals surface area contributed by atoms with Gasteiger partial charge >= 0.3 is 0 Å². The Kier molecular flexibility index (Phi) is 4.54. The maximum atomic E-state index is 10.8. The van der Waals surface area contributed by atoms with Crippen molar-refractivity contribution in [3.8, 4) is 5.88 Å². The second-order valence-corrected chi connectivity index (χ2v) is 6.14. The van der Waals surface area contributed by atoms with Crippen molar-refractivity contribution >= 4 is 6.47 Å². The molecule has 0 radical (unpaired) electrons. The first-order valence-corrected chi connectivity index (χ1v) is 8.67. The maximum absolute atomic E-state index is 10.8. The molecule has 3 aromatic carbocycles. The summed E-state index contributed by atoms with van der Waals surface area (Å²) < 4.78 is 6.97. The summed E-state index contributed by atoms with van der Waals surface area (Å²) in [6.07, 6.45) is 3.45. The van der Waals surface area contributed by atoms with Crippen LogP contribution < -0.4 is 4.74 Å². The number of benzene rings is 3. The van der Waals surface area contributed by atoms with E-state index in [1.165, 1.54) is 0 Å². The molecule has 4 aromatic rings. The highest BCUT2D eigenvalue weighted by molar-refractivity contribution is 5.51. The quantitative estimate of drug-likeness (QED) is 0.384. The molecule has 4 heteroatoms. The molecule has 1 heterocycles. The van der Waals surface area contributed by atoms with E-state index in [1.54, 1.807) is 12.5 Å². The summed E-state index contributed by atoms with van der Waals surface area (Å²) in [5.41, 5.74) is 2.59. The van der Waals surface area contributed by atoms with Gasteiger partial charge in [-0.3, -0.25) is 4.79 Å². The molecule has 132 valence electrons. The Morgan fingerprint density at radius 3 is 1.59 bits per heavy atom. The topological polar surface area (TPSA) is 44.1 Å². The van der Waals surface area contributed by atoms with Gasteiger partial charge in [0, 0.05) is 0 Å². The molecule has 0 saturated carbocycles. The molecule has 1 aromatic heterocycles. The van der Waals surface area contributed by atoms with Crippen LogP contribution in [0.25, 0.3) is 0 Å². The number of nitrogens with zero attached hydrogens (tertiary/aromatic N) is 2. The standard InChI is InChI=1S/C23H18N2O2/c26-18-27-22-16-25(17-24-22)23(19-10-4-1-5-11-19,20-12-6-2-7-13-20)21-14-8-3-9-15-21/h1-18H. The van der Waals surface area contributed by atoms with Crippen molar-refractivity contribution in [1.29, 1.82) is 0 Å². The van der Waals surface area contributed by atoms with E-state index in [9.17, 15) is 4.79 Å². The fourth-order valence-electron chi connectivity index (χ4n) is 3.58. The van der Waals surface area contributed by atoms with Crippen molar-refractivity contribution < 1.29 is 9.53 Å². The Balaban J connectivity index is 2.07. The van der Waals surface area contributed by atoms with E-state index in [4.69, 9.17) is 4.74 Å². The van der Waals surface area contributed by atoms with Crippen LogP contribution in [0.2, 0.25) is 0 Å². The zero-order valence-corrected chi connectivity index (χ0v) is 14.6. The van der Waals surface area contributed by atoms with Gasteiger partial charge in [0.1, 0.15) is 11.9 Å². The molecule has 0 aliphatic rings. The Morgan fingerprint density at radius 2 is 1.19 bits per heavy atom. The fraction of sp³-hybridized carbons (Fsp3) is 0.0435. The number of hydrogen-bond acceptors (Lipinski definition) is 3. The van der Waals surface area contributed by atoms with E-state index in [1.807, 2.05) is 59.2 Å². The number of hydrogen-bond donors (Lipinski definition) is 0. The SMILES string of the molecule is O=COc1cn(C(c2ccccc2)(c2ccccc2)c2ccccc2)cn1. The first kappa shape index (κ1) is 16.8. The minimum atomic E-state index is -0.652. The Hall–Kier alpha value is -3.66. The molecule has 0 amide bonds. The van der Waals surface area contributed by atoms with Crippen molar-refractivity contribution in [3.05, 3.63) is 120 Å². The summed E-state index contributed by atoms with van der Waals surface area (Å²) in [5, 5.41) is 0. The number of carbonyl (C=O) groups excluding carboxylic acids is 1. The normalized spacial score (nSPS) is 11.1. The molecule has 0 fully saturated rings. The smallest absolute Gasteiger partial charge is 0.299 e. The van der Waals surface area contributed by atoms with E-state index >= 15 is 0 Å². The van der Waals surface area contributed by atoms with Crippen LogP contribution in [0.15, 0.2) is 104 Å². The predicted molar refractivity (Wildman–Crippen MR) is 104 cm³/mol. The second kappa shape index (κ2) is 7.30. The lowest BCUT2D eigenvalue weighted by atomic mass is 9.77. The first-order valence-electron chi connectivity index (χ1n) is 8.67. The number of ether oxygens (including phenoxy) is 1. The third-order valence-corrected chi connectivity index (χ3v) is 4.69. The van der Waals surface area contributed by atoms with Crippen LogP contribution >= 0.6 is 0 Å². The highest BCUT2D eigenvalue weighted by atomic mass is 16.5. The predicted octanol–water partition coefficient (Wildman–Crippen LogP) is 4.26. The third kappa shape index (κ3) is 2.91. The van der Waals surface area contributed by atoms with Crippen LogP contribution in [0, 0.1) is 0 Å². The Bertz CT molecular complexity index is 915. The molecule has 0 saturated heterocycles. The molecule has 4 rings (SSSR count). The molecule has 27 heavy (non-hydrogen) atoms. The molecule has 0 bridgehead atoms. The minimum Gasteiger partial charge on any atom is -0.408 e.